The fourth-order valence-corrected chi connectivity index (χ4v) is 3.68. The summed E-state index contributed by atoms with van der Waals surface area (Å²) in [5.41, 5.74) is 5.43. The molecule has 1 aliphatic heterocycles. The molecule has 1 amide bonds. The highest BCUT2D eigenvalue weighted by Crippen LogP contribution is 2.23. The molecule has 0 bridgehead atoms. The first kappa shape index (κ1) is 17.5. The van der Waals surface area contributed by atoms with Crippen LogP contribution >= 0.6 is 0 Å². The average molecular weight is 356 g/mol. The van der Waals surface area contributed by atoms with Gasteiger partial charge in [-0.3, -0.25) is 4.79 Å². The molecule has 1 unspecified atom stereocenters. The van der Waals surface area contributed by atoms with E-state index >= 15 is 0 Å². The van der Waals surface area contributed by atoms with Crippen LogP contribution in [0.3, 0.4) is 0 Å². The van der Waals surface area contributed by atoms with Crippen LogP contribution in [0.1, 0.15) is 27.5 Å². The van der Waals surface area contributed by atoms with Crippen LogP contribution in [0.2, 0.25) is 0 Å². The van der Waals surface area contributed by atoms with E-state index in [0.717, 1.165) is 29.8 Å². The largest absolute Gasteiger partial charge is 0.335 e. The van der Waals surface area contributed by atoms with Crippen molar-refractivity contribution >= 4 is 5.91 Å². The van der Waals surface area contributed by atoms with Gasteiger partial charge in [0.25, 0.3) is 5.91 Å². The van der Waals surface area contributed by atoms with Crippen molar-refractivity contribution in [2.24, 2.45) is 0 Å². The topological polar surface area (TPSA) is 32.3 Å². The standard InChI is InChI=1S/C24H24N2O/c1-18-7-5-10-20(15-18)21-11-6-12-22(16-21)24(27)26-14-13-25-23(17-26)19-8-3-2-4-9-19/h2-12,15-16,23,25H,13-14,17H2,1H3. The first-order valence-corrected chi connectivity index (χ1v) is 9.45. The van der Waals surface area contributed by atoms with Crippen molar-refractivity contribution in [1.82, 2.24) is 10.2 Å². The summed E-state index contributed by atoms with van der Waals surface area (Å²) < 4.78 is 0. The monoisotopic (exact) mass is 356 g/mol. The number of benzene rings is 3. The minimum Gasteiger partial charge on any atom is -0.335 e. The van der Waals surface area contributed by atoms with Gasteiger partial charge in [0, 0.05) is 31.2 Å². The maximum Gasteiger partial charge on any atom is 0.253 e. The Balaban J connectivity index is 1.55. The Hall–Kier alpha value is -2.91. The van der Waals surface area contributed by atoms with Gasteiger partial charge in [0.15, 0.2) is 0 Å². The first-order valence-electron chi connectivity index (χ1n) is 9.45. The number of hydrogen-bond acceptors (Lipinski definition) is 2. The highest BCUT2D eigenvalue weighted by molar-refractivity contribution is 5.95. The summed E-state index contributed by atoms with van der Waals surface area (Å²) in [6.07, 6.45) is 0. The third-order valence-electron chi connectivity index (χ3n) is 5.13. The third-order valence-corrected chi connectivity index (χ3v) is 5.13. The van der Waals surface area contributed by atoms with Crippen molar-refractivity contribution in [2.75, 3.05) is 19.6 Å². The van der Waals surface area contributed by atoms with Gasteiger partial charge < -0.3 is 10.2 Å². The lowest BCUT2D eigenvalue weighted by Gasteiger charge is -2.34. The van der Waals surface area contributed by atoms with Crippen molar-refractivity contribution < 1.29 is 4.79 Å². The summed E-state index contributed by atoms with van der Waals surface area (Å²) in [4.78, 5) is 15.1. The Labute approximate surface area is 160 Å². The zero-order valence-corrected chi connectivity index (χ0v) is 15.6. The normalized spacial score (nSPS) is 16.9. The van der Waals surface area contributed by atoms with E-state index in [-0.39, 0.29) is 11.9 Å². The van der Waals surface area contributed by atoms with Crippen LogP contribution in [0.5, 0.6) is 0 Å². The van der Waals surface area contributed by atoms with Crippen LogP contribution < -0.4 is 5.32 Å². The second-order valence-corrected chi connectivity index (χ2v) is 7.12. The fourth-order valence-electron chi connectivity index (χ4n) is 3.68. The Morgan fingerprint density at radius 1 is 0.926 bits per heavy atom. The zero-order valence-electron chi connectivity index (χ0n) is 15.6. The number of carbonyl (C=O) groups is 1. The third kappa shape index (κ3) is 3.93. The van der Waals surface area contributed by atoms with Crippen LogP contribution in [0.15, 0.2) is 78.9 Å². The van der Waals surface area contributed by atoms with Crippen LogP contribution in [0.25, 0.3) is 11.1 Å². The van der Waals surface area contributed by atoms with Gasteiger partial charge in [-0.25, -0.2) is 0 Å². The predicted octanol–water partition coefficient (Wildman–Crippen LogP) is 4.45. The Morgan fingerprint density at radius 2 is 1.67 bits per heavy atom. The van der Waals surface area contributed by atoms with E-state index in [0.29, 0.717) is 6.54 Å². The SMILES string of the molecule is Cc1cccc(-c2cccc(C(=O)N3CCNC(c4ccccc4)C3)c2)c1. The minimum absolute atomic E-state index is 0.104. The van der Waals surface area contributed by atoms with Crippen LogP contribution in [0, 0.1) is 6.92 Å². The summed E-state index contributed by atoms with van der Waals surface area (Å²) >= 11 is 0. The molecule has 4 rings (SSSR count). The van der Waals surface area contributed by atoms with Gasteiger partial charge in [-0.2, -0.15) is 0 Å². The molecule has 3 nitrogen and oxygen atoms in total. The number of amides is 1. The van der Waals surface area contributed by atoms with E-state index < -0.39 is 0 Å². The molecule has 1 aliphatic rings. The van der Waals surface area contributed by atoms with E-state index in [1.807, 2.05) is 41.3 Å². The molecule has 1 N–H and O–H groups in total. The molecular weight excluding hydrogens is 332 g/mol. The number of rotatable bonds is 3. The predicted molar refractivity (Wildman–Crippen MR) is 110 cm³/mol. The molecular formula is C24H24N2O. The molecule has 0 aliphatic carbocycles. The highest BCUT2D eigenvalue weighted by atomic mass is 16.2. The van der Waals surface area contributed by atoms with Gasteiger partial charge in [-0.15, -0.1) is 0 Å². The number of hydrogen-bond donors (Lipinski definition) is 1. The molecule has 27 heavy (non-hydrogen) atoms. The van der Waals surface area contributed by atoms with Crippen molar-refractivity contribution in [3.63, 3.8) is 0 Å². The second-order valence-electron chi connectivity index (χ2n) is 7.12. The molecule has 0 radical (unpaired) electrons. The molecule has 1 atom stereocenters. The number of nitrogens with one attached hydrogen (secondary N) is 1. The van der Waals surface area contributed by atoms with Gasteiger partial charge in [-0.05, 0) is 35.7 Å². The van der Waals surface area contributed by atoms with Gasteiger partial charge in [0.1, 0.15) is 0 Å². The summed E-state index contributed by atoms with van der Waals surface area (Å²) in [5, 5.41) is 3.52. The maximum absolute atomic E-state index is 13.1. The smallest absolute Gasteiger partial charge is 0.253 e. The summed E-state index contributed by atoms with van der Waals surface area (Å²) in [7, 11) is 0. The number of nitrogens with zero attached hydrogens (tertiary/aromatic N) is 1. The lowest BCUT2D eigenvalue weighted by Crippen LogP contribution is -2.48. The number of carbonyl (C=O) groups excluding carboxylic acids is 1. The number of piperazine rings is 1. The number of aryl methyl sites for hydroxylation is 1. The molecule has 1 fully saturated rings. The average Bonchev–Trinajstić information content (AvgIpc) is 2.74. The highest BCUT2D eigenvalue weighted by Gasteiger charge is 2.25. The van der Waals surface area contributed by atoms with E-state index in [4.69, 9.17) is 0 Å². The molecule has 0 saturated carbocycles. The lowest BCUT2D eigenvalue weighted by molar-refractivity contribution is 0.0703. The Morgan fingerprint density at radius 3 is 2.44 bits per heavy atom. The fraction of sp³-hybridized carbons (Fsp3) is 0.208. The maximum atomic E-state index is 13.1. The van der Waals surface area contributed by atoms with E-state index in [1.165, 1.54) is 11.1 Å². The summed E-state index contributed by atoms with van der Waals surface area (Å²) in [6.45, 7) is 4.32. The lowest BCUT2D eigenvalue weighted by atomic mass is 10.00. The Kier molecular flexibility index (Phi) is 5.03. The molecule has 136 valence electrons. The first-order chi connectivity index (χ1) is 13.2. The Bertz CT molecular complexity index is 936. The van der Waals surface area contributed by atoms with Gasteiger partial charge in [0.05, 0.1) is 0 Å². The van der Waals surface area contributed by atoms with Gasteiger partial charge >= 0.3 is 0 Å². The zero-order chi connectivity index (χ0) is 18.6. The quantitative estimate of drug-likeness (QED) is 0.752. The van der Waals surface area contributed by atoms with Crippen molar-refractivity contribution in [3.05, 3.63) is 95.6 Å². The second kappa shape index (κ2) is 7.77. The van der Waals surface area contributed by atoms with Crippen molar-refractivity contribution in [1.29, 1.82) is 0 Å². The van der Waals surface area contributed by atoms with Crippen LogP contribution in [-0.4, -0.2) is 30.4 Å². The minimum atomic E-state index is 0.104. The summed E-state index contributed by atoms with van der Waals surface area (Å²) in [6, 6.07) is 26.9. The van der Waals surface area contributed by atoms with Crippen molar-refractivity contribution in [3.8, 4) is 11.1 Å². The van der Waals surface area contributed by atoms with Gasteiger partial charge in [0.2, 0.25) is 0 Å². The molecule has 3 heteroatoms. The van der Waals surface area contributed by atoms with E-state index in [1.54, 1.807) is 0 Å². The van der Waals surface area contributed by atoms with Crippen LogP contribution in [-0.2, 0) is 0 Å². The molecule has 1 saturated heterocycles. The molecule has 3 aromatic rings. The molecule has 3 aromatic carbocycles. The summed E-state index contributed by atoms with van der Waals surface area (Å²) in [5.74, 6) is 0.104. The van der Waals surface area contributed by atoms with E-state index in [9.17, 15) is 4.79 Å². The molecule has 1 heterocycles. The molecule has 0 spiro atoms. The van der Waals surface area contributed by atoms with E-state index in [2.05, 4.69) is 54.7 Å². The van der Waals surface area contributed by atoms with Crippen molar-refractivity contribution in [2.45, 2.75) is 13.0 Å². The van der Waals surface area contributed by atoms with Gasteiger partial charge in [-0.1, -0.05) is 72.3 Å². The van der Waals surface area contributed by atoms with Crippen LogP contribution in [0.4, 0.5) is 0 Å². The molecule has 0 aromatic heterocycles.